The van der Waals surface area contributed by atoms with Crippen molar-refractivity contribution in [2.24, 2.45) is 0 Å². The lowest BCUT2D eigenvalue weighted by atomic mass is 10.3. The summed E-state index contributed by atoms with van der Waals surface area (Å²) in [5.41, 5.74) is 0.764. The molecule has 2 rings (SSSR count). The number of hydrogen-bond donors (Lipinski definition) is 1. The second-order valence-electron chi connectivity index (χ2n) is 4.33. The van der Waals surface area contributed by atoms with Gasteiger partial charge in [0.2, 0.25) is 10.0 Å². The van der Waals surface area contributed by atoms with E-state index in [9.17, 15) is 13.2 Å². The van der Waals surface area contributed by atoms with Crippen molar-refractivity contribution in [1.82, 2.24) is 9.29 Å². The molecular weight excluding hydrogens is 300 g/mol. The molecular formula is C12H14N2O4S2. The van der Waals surface area contributed by atoms with Crippen LogP contribution >= 0.6 is 11.3 Å². The molecule has 108 valence electrons. The van der Waals surface area contributed by atoms with E-state index in [2.05, 4.69) is 4.98 Å². The first kappa shape index (κ1) is 14.9. The van der Waals surface area contributed by atoms with E-state index in [1.54, 1.807) is 12.1 Å². The summed E-state index contributed by atoms with van der Waals surface area (Å²) in [6.45, 7) is 1.80. The minimum atomic E-state index is -3.67. The molecule has 2 aromatic rings. The van der Waals surface area contributed by atoms with Crippen LogP contribution in [0.1, 0.15) is 11.4 Å². The van der Waals surface area contributed by atoms with Crippen molar-refractivity contribution >= 4 is 37.5 Å². The molecule has 0 bridgehead atoms. The van der Waals surface area contributed by atoms with Gasteiger partial charge >= 0.3 is 5.97 Å². The number of carboxylic acid groups (broad SMARTS) is 1. The van der Waals surface area contributed by atoms with E-state index in [1.165, 1.54) is 24.5 Å². The Hall–Kier alpha value is -1.51. The first-order chi connectivity index (χ1) is 9.30. The zero-order valence-electron chi connectivity index (χ0n) is 11.0. The molecule has 0 saturated heterocycles. The largest absolute Gasteiger partial charge is 0.481 e. The van der Waals surface area contributed by atoms with Crippen molar-refractivity contribution in [2.75, 3.05) is 13.6 Å². The number of sulfonamides is 1. The molecule has 1 heterocycles. The van der Waals surface area contributed by atoms with Crippen LogP contribution in [0.15, 0.2) is 23.1 Å². The highest BCUT2D eigenvalue weighted by atomic mass is 32.2. The predicted molar refractivity (Wildman–Crippen MR) is 76.4 cm³/mol. The van der Waals surface area contributed by atoms with E-state index in [0.29, 0.717) is 0 Å². The molecule has 0 fully saturated rings. The van der Waals surface area contributed by atoms with Crippen molar-refractivity contribution in [3.63, 3.8) is 0 Å². The number of benzene rings is 1. The van der Waals surface area contributed by atoms with Gasteiger partial charge in [-0.3, -0.25) is 4.79 Å². The van der Waals surface area contributed by atoms with Crippen molar-refractivity contribution in [1.29, 1.82) is 0 Å². The van der Waals surface area contributed by atoms with Gasteiger partial charge in [-0.25, -0.2) is 17.7 Å². The number of aryl methyl sites for hydroxylation is 1. The maximum atomic E-state index is 12.3. The zero-order valence-corrected chi connectivity index (χ0v) is 12.7. The molecule has 0 saturated carbocycles. The maximum Gasteiger partial charge on any atom is 0.304 e. The zero-order chi connectivity index (χ0) is 14.9. The minimum absolute atomic E-state index is 0.0581. The number of rotatable bonds is 5. The Balaban J connectivity index is 2.33. The van der Waals surface area contributed by atoms with Gasteiger partial charge in [0.15, 0.2) is 0 Å². The van der Waals surface area contributed by atoms with Crippen LogP contribution in [0.5, 0.6) is 0 Å². The number of nitrogens with zero attached hydrogens (tertiary/aromatic N) is 2. The molecule has 0 atom stereocenters. The Labute approximate surface area is 120 Å². The van der Waals surface area contributed by atoms with Gasteiger partial charge in [0.25, 0.3) is 0 Å². The van der Waals surface area contributed by atoms with E-state index in [0.717, 1.165) is 19.5 Å². The standard InChI is InChI=1S/C12H14N2O4S2/c1-8-13-10-4-3-9(7-11(10)19-8)20(17,18)14(2)6-5-12(15)16/h3-4,7H,5-6H2,1-2H3,(H,15,16). The van der Waals surface area contributed by atoms with Gasteiger partial charge in [0.1, 0.15) is 0 Å². The lowest BCUT2D eigenvalue weighted by molar-refractivity contribution is -0.137. The summed E-state index contributed by atoms with van der Waals surface area (Å²) in [6.07, 6.45) is -0.225. The van der Waals surface area contributed by atoms with E-state index in [1.807, 2.05) is 6.92 Å². The van der Waals surface area contributed by atoms with Crippen LogP contribution in [0, 0.1) is 6.92 Å². The monoisotopic (exact) mass is 314 g/mol. The van der Waals surface area contributed by atoms with E-state index < -0.39 is 16.0 Å². The molecule has 8 heteroatoms. The molecule has 0 aliphatic rings. The third-order valence-electron chi connectivity index (χ3n) is 2.82. The highest BCUT2D eigenvalue weighted by Crippen LogP contribution is 2.25. The van der Waals surface area contributed by atoms with Gasteiger partial charge in [-0.1, -0.05) is 0 Å². The summed E-state index contributed by atoms with van der Waals surface area (Å²) in [6, 6.07) is 4.73. The molecule has 0 aliphatic carbocycles. The van der Waals surface area contributed by atoms with E-state index >= 15 is 0 Å². The molecule has 0 aliphatic heterocycles. The summed E-state index contributed by atoms with van der Waals surface area (Å²) in [7, 11) is -2.29. The number of hydrogen-bond acceptors (Lipinski definition) is 5. The van der Waals surface area contributed by atoms with Crippen LogP contribution in [0.25, 0.3) is 10.2 Å². The second-order valence-corrected chi connectivity index (χ2v) is 7.61. The Kier molecular flexibility index (Phi) is 4.07. The van der Waals surface area contributed by atoms with Gasteiger partial charge in [-0.15, -0.1) is 11.3 Å². The number of aliphatic carboxylic acids is 1. The quantitative estimate of drug-likeness (QED) is 0.907. The molecule has 0 amide bonds. The molecule has 0 spiro atoms. The van der Waals surface area contributed by atoms with Crippen LogP contribution in [0.3, 0.4) is 0 Å². The molecule has 0 radical (unpaired) electrons. The highest BCUT2D eigenvalue weighted by molar-refractivity contribution is 7.89. The van der Waals surface area contributed by atoms with Crippen LogP contribution < -0.4 is 0 Å². The Morgan fingerprint density at radius 3 is 2.80 bits per heavy atom. The Morgan fingerprint density at radius 2 is 2.15 bits per heavy atom. The van der Waals surface area contributed by atoms with Crippen molar-refractivity contribution in [2.45, 2.75) is 18.2 Å². The summed E-state index contributed by atoms with van der Waals surface area (Å²) in [5, 5.41) is 9.48. The fourth-order valence-electron chi connectivity index (χ4n) is 1.73. The van der Waals surface area contributed by atoms with Crippen LogP contribution in [0.2, 0.25) is 0 Å². The first-order valence-corrected chi connectivity index (χ1v) is 8.11. The topological polar surface area (TPSA) is 87.6 Å². The lowest BCUT2D eigenvalue weighted by Gasteiger charge is -2.16. The maximum absolute atomic E-state index is 12.3. The number of carbonyl (C=O) groups is 1. The van der Waals surface area contributed by atoms with E-state index in [4.69, 9.17) is 5.11 Å². The predicted octanol–water partition coefficient (Wildman–Crippen LogP) is 1.70. The molecule has 1 N–H and O–H groups in total. The minimum Gasteiger partial charge on any atom is -0.481 e. The second kappa shape index (κ2) is 5.47. The van der Waals surface area contributed by atoms with Crippen LogP contribution in [-0.2, 0) is 14.8 Å². The fraction of sp³-hybridized carbons (Fsp3) is 0.333. The molecule has 1 aromatic carbocycles. The van der Waals surface area contributed by atoms with Crippen LogP contribution in [-0.4, -0.2) is 42.4 Å². The first-order valence-electron chi connectivity index (χ1n) is 5.86. The van der Waals surface area contributed by atoms with Crippen molar-refractivity contribution < 1.29 is 18.3 Å². The smallest absolute Gasteiger partial charge is 0.304 e. The number of aromatic nitrogens is 1. The third-order valence-corrected chi connectivity index (χ3v) is 5.60. The molecule has 6 nitrogen and oxygen atoms in total. The summed E-state index contributed by atoms with van der Waals surface area (Å²) in [4.78, 5) is 14.9. The van der Waals surface area contributed by atoms with Gasteiger partial charge in [-0.2, -0.15) is 0 Å². The average molecular weight is 314 g/mol. The number of thiazole rings is 1. The van der Waals surface area contributed by atoms with Gasteiger partial charge < -0.3 is 5.11 Å². The van der Waals surface area contributed by atoms with Gasteiger partial charge in [0.05, 0.1) is 26.5 Å². The lowest BCUT2D eigenvalue weighted by Crippen LogP contribution is -2.29. The van der Waals surface area contributed by atoms with Crippen LogP contribution in [0.4, 0.5) is 0 Å². The normalized spacial score (nSPS) is 12.2. The van der Waals surface area contributed by atoms with Crippen molar-refractivity contribution in [3.8, 4) is 0 Å². The summed E-state index contributed by atoms with van der Waals surface area (Å²) < 4.78 is 26.5. The van der Waals surface area contributed by atoms with Gasteiger partial charge in [-0.05, 0) is 25.1 Å². The average Bonchev–Trinajstić information content (AvgIpc) is 2.74. The summed E-state index contributed by atoms with van der Waals surface area (Å²) in [5.74, 6) is -1.03. The molecule has 1 aromatic heterocycles. The molecule has 20 heavy (non-hydrogen) atoms. The van der Waals surface area contributed by atoms with Crippen molar-refractivity contribution in [3.05, 3.63) is 23.2 Å². The highest BCUT2D eigenvalue weighted by Gasteiger charge is 2.21. The van der Waals surface area contributed by atoms with Gasteiger partial charge in [0, 0.05) is 13.6 Å². The SMILES string of the molecule is Cc1nc2ccc(S(=O)(=O)N(C)CCC(=O)O)cc2s1. The Bertz CT molecular complexity index is 752. The van der Waals surface area contributed by atoms with E-state index in [-0.39, 0.29) is 17.9 Å². The molecule has 0 unspecified atom stereocenters. The number of fused-ring (bicyclic) bond motifs is 1. The number of carboxylic acids is 1. The third kappa shape index (κ3) is 2.97. The fourth-order valence-corrected chi connectivity index (χ4v) is 3.87. The summed E-state index contributed by atoms with van der Waals surface area (Å²) >= 11 is 1.42. The Morgan fingerprint density at radius 1 is 1.45 bits per heavy atom.